The molecule has 0 spiro atoms. The average molecular weight is 373 g/mol. The van der Waals surface area contributed by atoms with Crippen molar-refractivity contribution < 1.29 is 28.3 Å². The van der Waals surface area contributed by atoms with Gasteiger partial charge >= 0.3 is 12.1 Å². The fourth-order valence-corrected chi connectivity index (χ4v) is 2.74. The van der Waals surface area contributed by atoms with Gasteiger partial charge in [-0.05, 0) is 18.2 Å². The summed E-state index contributed by atoms with van der Waals surface area (Å²) in [6, 6.07) is 5.17. The van der Waals surface area contributed by atoms with Gasteiger partial charge in [0.1, 0.15) is 11.9 Å². The number of cyclic esters (lactones) is 1. The van der Waals surface area contributed by atoms with Crippen molar-refractivity contribution in [2.24, 2.45) is 0 Å². The van der Waals surface area contributed by atoms with Crippen molar-refractivity contribution in [2.45, 2.75) is 12.6 Å². The lowest BCUT2D eigenvalue weighted by Crippen LogP contribution is -2.26. The molecule has 0 radical (unpaired) electrons. The molecule has 0 unspecified atom stereocenters. The minimum absolute atomic E-state index is 0.0236. The normalized spacial score (nSPS) is 16.6. The van der Waals surface area contributed by atoms with E-state index < -0.39 is 24.0 Å². The van der Waals surface area contributed by atoms with Crippen LogP contribution in [0.5, 0.6) is 0 Å². The zero-order valence-corrected chi connectivity index (χ0v) is 13.6. The van der Waals surface area contributed by atoms with Gasteiger partial charge in [0.15, 0.2) is 11.5 Å². The lowest BCUT2D eigenvalue weighted by Gasteiger charge is -2.13. The summed E-state index contributed by atoms with van der Waals surface area (Å²) in [7, 11) is 0. The molecule has 138 valence electrons. The maximum Gasteiger partial charge on any atom is 0.414 e. The van der Waals surface area contributed by atoms with Crippen molar-refractivity contribution in [2.75, 3.05) is 11.4 Å². The van der Waals surface area contributed by atoms with E-state index in [2.05, 4.69) is 15.5 Å². The topological polar surface area (TPSA) is 124 Å². The van der Waals surface area contributed by atoms with Crippen LogP contribution >= 0.6 is 0 Å². The van der Waals surface area contributed by atoms with Crippen LogP contribution in [0.3, 0.4) is 0 Å². The van der Waals surface area contributed by atoms with Crippen LogP contribution in [0, 0.1) is 5.82 Å². The predicted molar refractivity (Wildman–Crippen MR) is 86.5 cm³/mol. The van der Waals surface area contributed by atoms with Crippen molar-refractivity contribution in [3.63, 3.8) is 0 Å². The van der Waals surface area contributed by atoms with Gasteiger partial charge in [-0.3, -0.25) is 4.90 Å². The number of ether oxygens (including phenoxy) is 1. The number of halogens is 1. The number of carboxylic acid groups (broad SMARTS) is 1. The SMILES string of the molecule is O=C(O)c1cc(-c2ccc(N3C[C@H](Cn4ccnn4)OC3=O)cc2F)on1. The Morgan fingerprint density at radius 1 is 1.37 bits per heavy atom. The first-order chi connectivity index (χ1) is 13.0. The Bertz CT molecular complexity index is 1000. The molecule has 1 amide bonds. The monoisotopic (exact) mass is 373 g/mol. The summed E-state index contributed by atoms with van der Waals surface area (Å²) >= 11 is 0. The predicted octanol–water partition coefficient (Wildman–Crippen LogP) is 1.80. The van der Waals surface area contributed by atoms with E-state index >= 15 is 0 Å². The molecule has 3 heterocycles. The van der Waals surface area contributed by atoms with E-state index in [9.17, 15) is 14.0 Å². The van der Waals surface area contributed by atoms with Gasteiger partial charge in [0, 0.05) is 12.3 Å². The van der Waals surface area contributed by atoms with Crippen LogP contribution in [-0.4, -0.2) is 50.0 Å². The molecule has 1 N–H and O–H groups in total. The Labute approximate surface area is 150 Å². The molecule has 1 saturated heterocycles. The minimum Gasteiger partial charge on any atom is -0.476 e. The molecule has 1 atom stereocenters. The van der Waals surface area contributed by atoms with E-state index in [4.69, 9.17) is 14.4 Å². The van der Waals surface area contributed by atoms with E-state index in [1.807, 2.05) is 0 Å². The molecule has 0 saturated carbocycles. The number of aromatic nitrogens is 4. The molecular formula is C16H12FN5O5. The fraction of sp³-hybridized carbons (Fsp3) is 0.188. The van der Waals surface area contributed by atoms with Crippen LogP contribution in [0.25, 0.3) is 11.3 Å². The van der Waals surface area contributed by atoms with E-state index in [-0.39, 0.29) is 23.6 Å². The summed E-state index contributed by atoms with van der Waals surface area (Å²) in [5.41, 5.74) is 0.0124. The Balaban J connectivity index is 1.53. The molecule has 2 aromatic heterocycles. The Kier molecular flexibility index (Phi) is 4.03. The maximum absolute atomic E-state index is 14.5. The largest absolute Gasteiger partial charge is 0.476 e. The van der Waals surface area contributed by atoms with Crippen LogP contribution in [0.1, 0.15) is 10.5 Å². The zero-order chi connectivity index (χ0) is 19.0. The molecule has 4 rings (SSSR count). The highest BCUT2D eigenvalue weighted by molar-refractivity contribution is 5.90. The third kappa shape index (κ3) is 3.21. The number of hydrogen-bond donors (Lipinski definition) is 1. The Morgan fingerprint density at radius 3 is 2.89 bits per heavy atom. The first-order valence-electron chi connectivity index (χ1n) is 7.83. The lowest BCUT2D eigenvalue weighted by atomic mass is 10.1. The molecule has 0 aliphatic carbocycles. The third-order valence-corrected chi connectivity index (χ3v) is 4.00. The molecule has 1 aliphatic heterocycles. The average Bonchev–Trinajstić information content (AvgIpc) is 3.36. The molecule has 1 aliphatic rings. The summed E-state index contributed by atoms with van der Waals surface area (Å²) in [5.74, 6) is -1.99. The summed E-state index contributed by atoms with van der Waals surface area (Å²) in [6.45, 7) is 0.557. The van der Waals surface area contributed by atoms with Crippen LogP contribution in [0.15, 0.2) is 41.2 Å². The van der Waals surface area contributed by atoms with Crippen molar-refractivity contribution in [3.8, 4) is 11.3 Å². The highest BCUT2D eigenvalue weighted by Gasteiger charge is 2.33. The minimum atomic E-state index is -1.28. The van der Waals surface area contributed by atoms with Gasteiger partial charge in [0.25, 0.3) is 0 Å². The quantitative estimate of drug-likeness (QED) is 0.718. The molecule has 10 nitrogen and oxygen atoms in total. The number of hydrogen-bond acceptors (Lipinski definition) is 7. The van der Waals surface area contributed by atoms with Crippen LogP contribution in [-0.2, 0) is 11.3 Å². The van der Waals surface area contributed by atoms with Gasteiger partial charge in [0.2, 0.25) is 0 Å². The summed E-state index contributed by atoms with van der Waals surface area (Å²) in [4.78, 5) is 24.3. The number of carboxylic acids is 1. The van der Waals surface area contributed by atoms with Crippen molar-refractivity contribution >= 4 is 17.7 Å². The van der Waals surface area contributed by atoms with Crippen molar-refractivity contribution in [1.82, 2.24) is 20.2 Å². The number of benzene rings is 1. The van der Waals surface area contributed by atoms with Gasteiger partial charge in [-0.2, -0.15) is 0 Å². The second-order valence-corrected chi connectivity index (χ2v) is 5.79. The van der Waals surface area contributed by atoms with Gasteiger partial charge in [0.05, 0.1) is 30.5 Å². The van der Waals surface area contributed by atoms with E-state index in [0.29, 0.717) is 12.2 Å². The number of aromatic carboxylic acids is 1. The fourth-order valence-electron chi connectivity index (χ4n) is 2.74. The number of amides is 1. The lowest BCUT2D eigenvalue weighted by molar-refractivity contribution is 0.0685. The molecule has 0 bridgehead atoms. The first-order valence-corrected chi connectivity index (χ1v) is 7.83. The standard InChI is InChI=1S/C16H12FN5O5/c17-12-5-9(1-2-11(12)14-6-13(15(23)24)19-27-14)22-8-10(26-16(22)25)7-21-4-3-18-20-21/h1-6,10H,7-8H2,(H,23,24)/t10-/m0/s1. The molecular weight excluding hydrogens is 361 g/mol. The number of rotatable bonds is 5. The van der Waals surface area contributed by atoms with Crippen LogP contribution in [0.2, 0.25) is 0 Å². The summed E-state index contributed by atoms with van der Waals surface area (Å²) < 4.78 is 26.2. The van der Waals surface area contributed by atoms with Gasteiger partial charge in [-0.25, -0.2) is 18.7 Å². The maximum atomic E-state index is 14.5. The second kappa shape index (κ2) is 6.52. The number of carbonyl (C=O) groups is 2. The molecule has 1 aromatic carbocycles. The molecule has 3 aromatic rings. The van der Waals surface area contributed by atoms with Gasteiger partial charge in [-0.15, -0.1) is 5.10 Å². The summed E-state index contributed by atoms with van der Waals surface area (Å²) in [6.07, 6.45) is 2.12. The molecule has 27 heavy (non-hydrogen) atoms. The number of anilines is 1. The smallest absolute Gasteiger partial charge is 0.414 e. The number of nitrogens with zero attached hydrogens (tertiary/aromatic N) is 5. The van der Waals surface area contributed by atoms with Crippen molar-refractivity contribution in [3.05, 3.63) is 48.2 Å². The summed E-state index contributed by atoms with van der Waals surface area (Å²) in [5, 5.41) is 19.7. The highest BCUT2D eigenvalue weighted by Crippen LogP contribution is 2.29. The van der Waals surface area contributed by atoms with Crippen LogP contribution in [0.4, 0.5) is 14.9 Å². The molecule has 11 heteroatoms. The third-order valence-electron chi connectivity index (χ3n) is 4.00. The van der Waals surface area contributed by atoms with Crippen molar-refractivity contribution in [1.29, 1.82) is 0 Å². The second-order valence-electron chi connectivity index (χ2n) is 5.79. The zero-order valence-electron chi connectivity index (χ0n) is 13.6. The van der Waals surface area contributed by atoms with Crippen LogP contribution < -0.4 is 4.90 Å². The molecule has 1 fully saturated rings. The Hall–Kier alpha value is -3.76. The van der Waals surface area contributed by atoms with E-state index in [1.54, 1.807) is 6.20 Å². The van der Waals surface area contributed by atoms with Gasteiger partial charge in [-0.1, -0.05) is 10.4 Å². The number of carbonyl (C=O) groups excluding carboxylic acids is 1. The van der Waals surface area contributed by atoms with Gasteiger partial charge < -0.3 is 14.4 Å². The van der Waals surface area contributed by atoms with E-state index in [1.165, 1.54) is 27.9 Å². The van der Waals surface area contributed by atoms with E-state index in [0.717, 1.165) is 12.1 Å². The highest BCUT2D eigenvalue weighted by atomic mass is 19.1. The first kappa shape index (κ1) is 16.7. The Morgan fingerprint density at radius 2 is 2.22 bits per heavy atom.